The largest absolute Gasteiger partial charge is 0.411 e. The molecule has 23 heavy (non-hydrogen) atoms. The van der Waals surface area contributed by atoms with Gasteiger partial charge in [0.1, 0.15) is 29.9 Å². The standard InChI is InChI=1S/C14H16F5NO3/c1-8(23-7-14(17,18)19)12(21)20-6-13(2,22)10-4-3-9(15)5-11(10)16/h3-5,8,22H,6-7H2,1-2H3,(H,20,21). The van der Waals surface area contributed by atoms with Crippen LogP contribution in [0.5, 0.6) is 0 Å². The molecule has 130 valence electrons. The molecule has 2 N–H and O–H groups in total. The Kier molecular flexibility index (Phi) is 6.06. The van der Waals surface area contributed by atoms with E-state index in [1.807, 2.05) is 0 Å². The van der Waals surface area contributed by atoms with Crippen molar-refractivity contribution in [2.45, 2.75) is 31.7 Å². The van der Waals surface area contributed by atoms with Gasteiger partial charge in [0.25, 0.3) is 0 Å². The van der Waals surface area contributed by atoms with Gasteiger partial charge in [0.2, 0.25) is 5.91 Å². The summed E-state index contributed by atoms with van der Waals surface area (Å²) in [5.41, 5.74) is -2.14. The smallest absolute Gasteiger partial charge is 0.383 e. The summed E-state index contributed by atoms with van der Waals surface area (Å²) in [6.45, 7) is 0.192. The number of hydrogen-bond acceptors (Lipinski definition) is 3. The molecule has 2 atom stereocenters. The lowest BCUT2D eigenvalue weighted by atomic mass is 9.95. The van der Waals surface area contributed by atoms with Crippen molar-refractivity contribution in [3.8, 4) is 0 Å². The van der Waals surface area contributed by atoms with Gasteiger partial charge in [-0.15, -0.1) is 0 Å². The molecule has 2 unspecified atom stereocenters. The number of ether oxygens (including phenoxy) is 1. The summed E-state index contributed by atoms with van der Waals surface area (Å²) in [6.07, 6.45) is -5.98. The van der Waals surface area contributed by atoms with E-state index in [4.69, 9.17) is 0 Å². The van der Waals surface area contributed by atoms with Crippen LogP contribution in [0.15, 0.2) is 18.2 Å². The van der Waals surface area contributed by atoms with E-state index in [1.54, 1.807) is 0 Å². The minimum Gasteiger partial charge on any atom is -0.383 e. The van der Waals surface area contributed by atoms with E-state index in [0.29, 0.717) is 6.07 Å². The summed E-state index contributed by atoms with van der Waals surface area (Å²) in [7, 11) is 0. The van der Waals surface area contributed by atoms with Gasteiger partial charge in [-0.25, -0.2) is 8.78 Å². The zero-order valence-electron chi connectivity index (χ0n) is 12.4. The number of halogens is 5. The maximum Gasteiger partial charge on any atom is 0.411 e. The lowest BCUT2D eigenvalue weighted by Gasteiger charge is -2.25. The molecule has 0 aliphatic rings. The second kappa shape index (κ2) is 7.22. The molecule has 0 saturated heterocycles. The first-order chi connectivity index (χ1) is 10.4. The Morgan fingerprint density at radius 1 is 1.35 bits per heavy atom. The van der Waals surface area contributed by atoms with Crippen LogP contribution in [0.2, 0.25) is 0 Å². The molecule has 0 fully saturated rings. The molecule has 0 spiro atoms. The third-order valence-corrected chi connectivity index (χ3v) is 2.98. The van der Waals surface area contributed by atoms with E-state index in [1.165, 1.54) is 6.92 Å². The van der Waals surface area contributed by atoms with Crippen LogP contribution in [-0.2, 0) is 15.1 Å². The minimum absolute atomic E-state index is 0.261. The Bertz CT molecular complexity index is 560. The van der Waals surface area contributed by atoms with Gasteiger partial charge in [-0.05, 0) is 19.9 Å². The number of nitrogens with one attached hydrogen (secondary N) is 1. The van der Waals surface area contributed by atoms with Crippen molar-refractivity contribution >= 4 is 5.91 Å². The van der Waals surface area contributed by atoms with Gasteiger partial charge in [0, 0.05) is 11.6 Å². The Balaban J connectivity index is 2.63. The average Bonchev–Trinajstić information content (AvgIpc) is 2.41. The topological polar surface area (TPSA) is 58.6 Å². The first-order valence-electron chi connectivity index (χ1n) is 6.56. The molecule has 0 aliphatic carbocycles. The molecule has 0 aromatic heterocycles. The van der Waals surface area contributed by atoms with Crippen molar-refractivity contribution < 1.29 is 36.6 Å². The van der Waals surface area contributed by atoms with Gasteiger partial charge in [-0.3, -0.25) is 4.79 Å². The summed E-state index contributed by atoms with van der Waals surface area (Å²) in [4.78, 5) is 11.6. The highest BCUT2D eigenvalue weighted by molar-refractivity contribution is 5.80. The van der Waals surface area contributed by atoms with Crippen LogP contribution in [0.25, 0.3) is 0 Å². The highest BCUT2D eigenvalue weighted by atomic mass is 19.4. The highest BCUT2D eigenvalue weighted by Gasteiger charge is 2.31. The van der Waals surface area contributed by atoms with E-state index < -0.39 is 48.6 Å². The zero-order valence-corrected chi connectivity index (χ0v) is 12.4. The summed E-state index contributed by atoms with van der Waals surface area (Å²) < 4.78 is 66.7. The van der Waals surface area contributed by atoms with E-state index in [9.17, 15) is 31.9 Å². The molecule has 1 amide bonds. The lowest BCUT2D eigenvalue weighted by Crippen LogP contribution is -2.43. The van der Waals surface area contributed by atoms with E-state index in [-0.39, 0.29) is 5.56 Å². The zero-order chi connectivity index (χ0) is 17.8. The summed E-state index contributed by atoms with van der Waals surface area (Å²) in [6, 6.07) is 2.52. The maximum absolute atomic E-state index is 13.6. The number of benzene rings is 1. The van der Waals surface area contributed by atoms with Crippen LogP contribution in [0.1, 0.15) is 19.4 Å². The van der Waals surface area contributed by atoms with E-state index >= 15 is 0 Å². The van der Waals surface area contributed by atoms with Gasteiger partial charge in [-0.1, -0.05) is 6.07 Å². The third-order valence-electron chi connectivity index (χ3n) is 2.98. The SMILES string of the molecule is CC(OCC(F)(F)F)C(=O)NCC(C)(O)c1ccc(F)cc1F. The number of alkyl halides is 3. The Hall–Kier alpha value is -1.74. The normalized spacial score (nSPS) is 15.8. The Labute approximate surface area is 129 Å². The van der Waals surface area contributed by atoms with E-state index in [0.717, 1.165) is 19.1 Å². The van der Waals surface area contributed by atoms with Crippen molar-refractivity contribution in [2.24, 2.45) is 0 Å². The number of rotatable bonds is 6. The van der Waals surface area contributed by atoms with Crippen molar-refractivity contribution in [3.05, 3.63) is 35.4 Å². The fourth-order valence-corrected chi connectivity index (χ4v) is 1.72. The Morgan fingerprint density at radius 2 is 1.96 bits per heavy atom. The molecule has 4 nitrogen and oxygen atoms in total. The quantitative estimate of drug-likeness (QED) is 0.781. The Morgan fingerprint density at radius 3 is 2.48 bits per heavy atom. The number of hydrogen-bond donors (Lipinski definition) is 2. The second-order valence-electron chi connectivity index (χ2n) is 5.18. The lowest BCUT2D eigenvalue weighted by molar-refractivity contribution is -0.185. The number of amides is 1. The van der Waals surface area contributed by atoms with Gasteiger partial charge < -0.3 is 15.2 Å². The second-order valence-corrected chi connectivity index (χ2v) is 5.18. The molecule has 0 aliphatic heterocycles. The fraction of sp³-hybridized carbons (Fsp3) is 0.500. The first-order valence-corrected chi connectivity index (χ1v) is 6.56. The van der Waals surface area contributed by atoms with Crippen LogP contribution in [0.3, 0.4) is 0 Å². The molecule has 1 aromatic rings. The summed E-state index contributed by atoms with van der Waals surface area (Å²) in [5.74, 6) is -2.75. The van der Waals surface area contributed by atoms with Crippen LogP contribution >= 0.6 is 0 Å². The number of carbonyl (C=O) groups excluding carboxylic acids is 1. The highest BCUT2D eigenvalue weighted by Crippen LogP contribution is 2.23. The number of carbonyl (C=O) groups is 1. The van der Waals surface area contributed by atoms with Gasteiger partial charge in [0.05, 0.1) is 6.54 Å². The van der Waals surface area contributed by atoms with Gasteiger partial charge in [0.15, 0.2) is 0 Å². The van der Waals surface area contributed by atoms with E-state index in [2.05, 4.69) is 10.1 Å². The summed E-state index contributed by atoms with van der Waals surface area (Å²) >= 11 is 0. The molecule has 0 radical (unpaired) electrons. The molecule has 0 saturated carbocycles. The third kappa shape index (κ3) is 6.11. The monoisotopic (exact) mass is 341 g/mol. The number of aliphatic hydroxyl groups is 1. The van der Waals surface area contributed by atoms with Crippen molar-refractivity contribution in [1.29, 1.82) is 0 Å². The predicted octanol–water partition coefficient (Wildman–Crippen LogP) is 2.26. The molecule has 9 heteroatoms. The molecule has 1 rings (SSSR count). The molecular weight excluding hydrogens is 325 g/mol. The maximum atomic E-state index is 13.6. The fourth-order valence-electron chi connectivity index (χ4n) is 1.72. The molecule has 0 bridgehead atoms. The average molecular weight is 341 g/mol. The van der Waals surface area contributed by atoms with Crippen LogP contribution in [0, 0.1) is 11.6 Å². The van der Waals surface area contributed by atoms with Crippen LogP contribution in [0.4, 0.5) is 22.0 Å². The van der Waals surface area contributed by atoms with Crippen LogP contribution in [-0.4, -0.2) is 36.4 Å². The van der Waals surface area contributed by atoms with Crippen molar-refractivity contribution in [2.75, 3.05) is 13.2 Å². The summed E-state index contributed by atoms with van der Waals surface area (Å²) in [5, 5.41) is 12.3. The van der Waals surface area contributed by atoms with Gasteiger partial charge >= 0.3 is 6.18 Å². The first kappa shape index (κ1) is 19.3. The minimum atomic E-state index is -4.57. The van der Waals surface area contributed by atoms with Crippen molar-refractivity contribution in [3.63, 3.8) is 0 Å². The molecule has 1 aromatic carbocycles. The van der Waals surface area contributed by atoms with Crippen LogP contribution < -0.4 is 5.32 Å². The molecule has 0 heterocycles. The molecular formula is C14H16F5NO3. The van der Waals surface area contributed by atoms with Gasteiger partial charge in [-0.2, -0.15) is 13.2 Å². The van der Waals surface area contributed by atoms with Crippen molar-refractivity contribution in [1.82, 2.24) is 5.32 Å². The predicted molar refractivity (Wildman–Crippen MR) is 70.4 cm³/mol.